The highest BCUT2D eigenvalue weighted by Crippen LogP contribution is 2.27. The summed E-state index contributed by atoms with van der Waals surface area (Å²) in [5.41, 5.74) is 8.85. The lowest BCUT2D eigenvalue weighted by atomic mass is 10.2. The first kappa shape index (κ1) is 12.6. The van der Waals surface area contributed by atoms with Crippen molar-refractivity contribution in [1.82, 2.24) is 0 Å². The molecule has 0 saturated heterocycles. The molecule has 0 fully saturated rings. The number of hydrogen-bond donors (Lipinski definition) is 2. The minimum atomic E-state index is 0.480. The monoisotopic (exact) mass is 219 g/mol. The van der Waals surface area contributed by atoms with Crippen LogP contribution in [0.25, 0.3) is 0 Å². The predicted molar refractivity (Wildman–Crippen MR) is 71.8 cm³/mol. The van der Waals surface area contributed by atoms with E-state index in [1.54, 1.807) is 0 Å². The van der Waals surface area contributed by atoms with Crippen molar-refractivity contribution >= 4 is 11.4 Å². The Kier molecular flexibility index (Phi) is 4.86. The molecular weight excluding hydrogens is 198 g/mol. The molecule has 0 aliphatic heterocycles. The number of nitrogens with two attached hydrogens (primary N) is 1. The topological polar surface area (TPSA) is 41.3 Å². The molecule has 3 nitrogen and oxygen atoms in total. The third-order valence-electron chi connectivity index (χ3n) is 2.50. The third kappa shape index (κ3) is 2.76. The molecule has 3 heteroatoms. The molecule has 0 amide bonds. The van der Waals surface area contributed by atoms with Crippen LogP contribution in [0.4, 0.5) is 11.4 Å². The highest BCUT2D eigenvalue weighted by atomic mass is 15.2. The largest absolute Gasteiger partial charge is 0.384 e. The molecule has 0 aliphatic rings. The second kappa shape index (κ2) is 6.18. The zero-order chi connectivity index (χ0) is 12.0. The molecule has 1 aromatic rings. The number of nitrogens with zero attached hydrogens (tertiary/aromatic N) is 1. The summed E-state index contributed by atoms with van der Waals surface area (Å²) >= 11 is 0. The van der Waals surface area contributed by atoms with Gasteiger partial charge in [0.25, 0.3) is 0 Å². The lowest BCUT2D eigenvalue weighted by molar-refractivity contribution is 0.918. The molecule has 0 aromatic heterocycles. The zero-order valence-electron chi connectivity index (χ0n) is 10.2. The summed E-state index contributed by atoms with van der Waals surface area (Å²) in [6.07, 6.45) is 0. The molecule has 0 atom stereocenters. The Morgan fingerprint density at radius 3 is 2.62 bits per heavy atom. The van der Waals surface area contributed by atoms with Gasteiger partial charge in [0.15, 0.2) is 0 Å². The first-order valence-electron chi connectivity index (χ1n) is 5.72. The van der Waals surface area contributed by atoms with E-state index in [2.05, 4.69) is 42.8 Å². The fourth-order valence-electron chi connectivity index (χ4n) is 1.72. The Bertz CT molecular complexity index is 347. The van der Waals surface area contributed by atoms with Crippen LogP contribution in [0, 0.1) is 0 Å². The highest BCUT2D eigenvalue weighted by Gasteiger charge is 2.10. The third-order valence-corrected chi connectivity index (χ3v) is 2.50. The molecule has 3 N–H and O–H groups in total. The Morgan fingerprint density at radius 1 is 1.38 bits per heavy atom. The number of anilines is 2. The van der Waals surface area contributed by atoms with Crippen molar-refractivity contribution in [3.05, 3.63) is 36.5 Å². The number of nitrogens with one attached hydrogen (secondary N) is 1. The SMILES string of the molecule is C=C(CN)N(CC)c1ccccc1NCC. The summed E-state index contributed by atoms with van der Waals surface area (Å²) in [6.45, 7) is 10.4. The van der Waals surface area contributed by atoms with E-state index < -0.39 is 0 Å². The second-order valence-electron chi connectivity index (χ2n) is 3.56. The fourth-order valence-corrected chi connectivity index (χ4v) is 1.72. The molecule has 0 radical (unpaired) electrons. The van der Waals surface area contributed by atoms with Crippen molar-refractivity contribution in [2.24, 2.45) is 5.73 Å². The average molecular weight is 219 g/mol. The van der Waals surface area contributed by atoms with Crippen LogP contribution in [-0.2, 0) is 0 Å². The Balaban J connectivity index is 3.03. The fraction of sp³-hybridized carbons (Fsp3) is 0.385. The average Bonchev–Trinajstić information content (AvgIpc) is 2.32. The van der Waals surface area contributed by atoms with Gasteiger partial charge in [-0.25, -0.2) is 0 Å². The van der Waals surface area contributed by atoms with Gasteiger partial charge >= 0.3 is 0 Å². The normalized spacial score (nSPS) is 9.94. The van der Waals surface area contributed by atoms with Crippen LogP contribution >= 0.6 is 0 Å². The first-order valence-corrected chi connectivity index (χ1v) is 5.72. The zero-order valence-corrected chi connectivity index (χ0v) is 10.2. The van der Waals surface area contributed by atoms with Crippen molar-refractivity contribution < 1.29 is 0 Å². The summed E-state index contributed by atoms with van der Waals surface area (Å²) in [5.74, 6) is 0. The van der Waals surface area contributed by atoms with E-state index in [0.717, 1.165) is 30.2 Å². The number of benzene rings is 1. The summed E-state index contributed by atoms with van der Waals surface area (Å²) in [5, 5.41) is 3.35. The Labute approximate surface area is 97.9 Å². The van der Waals surface area contributed by atoms with Crippen molar-refractivity contribution in [3.8, 4) is 0 Å². The lowest BCUT2D eigenvalue weighted by Gasteiger charge is -2.27. The molecule has 0 bridgehead atoms. The van der Waals surface area contributed by atoms with E-state index in [1.807, 2.05) is 12.1 Å². The van der Waals surface area contributed by atoms with Crippen LogP contribution in [0.2, 0.25) is 0 Å². The van der Waals surface area contributed by atoms with Gasteiger partial charge in [0.1, 0.15) is 0 Å². The molecule has 1 rings (SSSR count). The summed E-state index contributed by atoms with van der Waals surface area (Å²) in [7, 11) is 0. The minimum Gasteiger partial charge on any atom is -0.384 e. The Hall–Kier alpha value is -1.48. The van der Waals surface area contributed by atoms with Gasteiger partial charge in [-0.2, -0.15) is 0 Å². The van der Waals surface area contributed by atoms with E-state index >= 15 is 0 Å². The standard InChI is InChI=1S/C13H21N3/c1-4-15-12-8-6-7-9-13(12)16(5-2)11(3)10-14/h6-9,15H,3-5,10,14H2,1-2H3. The first-order chi connectivity index (χ1) is 7.74. The lowest BCUT2D eigenvalue weighted by Crippen LogP contribution is -2.26. The van der Waals surface area contributed by atoms with E-state index in [9.17, 15) is 0 Å². The Morgan fingerprint density at radius 2 is 2.06 bits per heavy atom. The van der Waals surface area contributed by atoms with Crippen LogP contribution in [-0.4, -0.2) is 19.6 Å². The highest BCUT2D eigenvalue weighted by molar-refractivity contribution is 5.72. The molecular formula is C13H21N3. The maximum Gasteiger partial charge on any atom is 0.0644 e. The number of para-hydroxylation sites is 2. The van der Waals surface area contributed by atoms with Crippen molar-refractivity contribution in [3.63, 3.8) is 0 Å². The summed E-state index contributed by atoms with van der Waals surface area (Å²) in [6, 6.07) is 8.22. The number of likely N-dealkylation sites (N-methyl/N-ethyl adjacent to an activating group) is 1. The number of rotatable bonds is 6. The molecule has 16 heavy (non-hydrogen) atoms. The van der Waals surface area contributed by atoms with Gasteiger partial charge in [-0.3, -0.25) is 0 Å². The van der Waals surface area contributed by atoms with E-state index in [1.165, 1.54) is 0 Å². The van der Waals surface area contributed by atoms with Crippen LogP contribution in [0.15, 0.2) is 36.5 Å². The second-order valence-corrected chi connectivity index (χ2v) is 3.56. The van der Waals surface area contributed by atoms with E-state index in [-0.39, 0.29) is 0 Å². The van der Waals surface area contributed by atoms with Crippen LogP contribution in [0.5, 0.6) is 0 Å². The van der Waals surface area contributed by atoms with Gasteiger partial charge < -0.3 is 16.0 Å². The molecule has 0 aliphatic carbocycles. The van der Waals surface area contributed by atoms with Gasteiger partial charge in [0.05, 0.1) is 11.4 Å². The maximum absolute atomic E-state index is 5.65. The molecule has 0 heterocycles. The minimum absolute atomic E-state index is 0.480. The van der Waals surface area contributed by atoms with Gasteiger partial charge in [-0.05, 0) is 26.0 Å². The smallest absolute Gasteiger partial charge is 0.0644 e. The quantitative estimate of drug-likeness (QED) is 0.772. The molecule has 88 valence electrons. The summed E-state index contributed by atoms with van der Waals surface area (Å²) < 4.78 is 0. The maximum atomic E-state index is 5.65. The number of hydrogen-bond acceptors (Lipinski definition) is 3. The van der Waals surface area contributed by atoms with Crippen molar-refractivity contribution in [2.75, 3.05) is 29.9 Å². The van der Waals surface area contributed by atoms with Gasteiger partial charge in [0.2, 0.25) is 0 Å². The van der Waals surface area contributed by atoms with E-state index in [0.29, 0.717) is 6.54 Å². The van der Waals surface area contributed by atoms with Crippen molar-refractivity contribution in [2.45, 2.75) is 13.8 Å². The van der Waals surface area contributed by atoms with Crippen LogP contribution in [0.3, 0.4) is 0 Å². The summed E-state index contributed by atoms with van der Waals surface area (Å²) in [4.78, 5) is 2.14. The molecule has 1 aromatic carbocycles. The molecule has 0 saturated carbocycles. The predicted octanol–water partition coefficient (Wildman–Crippen LogP) is 2.42. The van der Waals surface area contributed by atoms with Crippen molar-refractivity contribution in [1.29, 1.82) is 0 Å². The van der Waals surface area contributed by atoms with Crippen LogP contribution in [0.1, 0.15) is 13.8 Å². The molecule has 0 unspecified atom stereocenters. The van der Waals surface area contributed by atoms with Crippen LogP contribution < -0.4 is 16.0 Å². The van der Waals surface area contributed by atoms with Gasteiger partial charge in [0, 0.05) is 25.3 Å². The molecule has 0 spiro atoms. The van der Waals surface area contributed by atoms with E-state index in [4.69, 9.17) is 5.73 Å². The van der Waals surface area contributed by atoms with Gasteiger partial charge in [-0.1, -0.05) is 18.7 Å². The van der Waals surface area contributed by atoms with Gasteiger partial charge in [-0.15, -0.1) is 0 Å².